The largest absolute Gasteiger partial charge is 0.481 e. The number of carboxylic acid groups (broad SMARTS) is 1. The second-order valence-corrected chi connectivity index (χ2v) is 5.48. The third kappa shape index (κ3) is 2.61. The minimum atomic E-state index is -1.00. The Morgan fingerprint density at radius 1 is 1.43 bits per heavy atom. The molecule has 0 bridgehead atoms. The second kappa shape index (κ2) is 5.19. The van der Waals surface area contributed by atoms with E-state index < -0.39 is 35.1 Å². The Morgan fingerprint density at radius 3 is 2.62 bits per heavy atom. The number of aliphatic carboxylic acids is 1. The molecule has 1 fully saturated rings. The van der Waals surface area contributed by atoms with E-state index in [1.165, 1.54) is 6.20 Å². The van der Waals surface area contributed by atoms with Crippen LogP contribution in [0, 0.1) is 17.3 Å². The first kappa shape index (κ1) is 15.0. The summed E-state index contributed by atoms with van der Waals surface area (Å²) in [7, 11) is 0. The number of carbonyl (C=O) groups excluding carboxylic acids is 2. The van der Waals surface area contributed by atoms with Gasteiger partial charge in [-0.15, -0.1) is 0 Å². The zero-order valence-electron chi connectivity index (χ0n) is 12.0. The predicted molar refractivity (Wildman–Crippen MR) is 71.6 cm³/mol. The van der Waals surface area contributed by atoms with Gasteiger partial charge < -0.3 is 15.2 Å². The molecular weight excluding hydrogens is 278 g/mol. The highest BCUT2D eigenvalue weighted by Gasteiger charge is 2.66. The Kier molecular flexibility index (Phi) is 3.71. The molecule has 1 aromatic heterocycles. The van der Waals surface area contributed by atoms with Crippen molar-refractivity contribution in [2.45, 2.75) is 20.8 Å². The van der Waals surface area contributed by atoms with Crippen molar-refractivity contribution in [3.63, 3.8) is 0 Å². The summed E-state index contributed by atoms with van der Waals surface area (Å²) in [5, 5.41) is 17.8. The number of carbonyl (C=O) groups is 3. The molecule has 0 aliphatic heterocycles. The van der Waals surface area contributed by atoms with Gasteiger partial charge in [-0.3, -0.25) is 14.7 Å². The van der Waals surface area contributed by atoms with Crippen LogP contribution in [-0.2, 0) is 14.3 Å². The summed E-state index contributed by atoms with van der Waals surface area (Å²) in [4.78, 5) is 34.9. The summed E-state index contributed by atoms with van der Waals surface area (Å²) in [5.74, 6) is -3.32. The van der Waals surface area contributed by atoms with E-state index >= 15 is 0 Å². The number of nitrogens with one attached hydrogen (secondary N) is 2. The van der Waals surface area contributed by atoms with E-state index in [1.807, 2.05) is 0 Å². The monoisotopic (exact) mass is 295 g/mol. The molecule has 8 nitrogen and oxygen atoms in total. The van der Waals surface area contributed by atoms with Gasteiger partial charge in [-0.2, -0.15) is 5.10 Å². The van der Waals surface area contributed by atoms with Gasteiger partial charge in [0, 0.05) is 0 Å². The molecule has 2 atom stereocenters. The third-order valence-corrected chi connectivity index (χ3v) is 3.76. The summed E-state index contributed by atoms with van der Waals surface area (Å²) in [5.41, 5.74) is -0.504. The minimum Gasteiger partial charge on any atom is -0.481 e. The van der Waals surface area contributed by atoms with Crippen molar-refractivity contribution >= 4 is 23.7 Å². The number of aromatic amines is 1. The molecule has 21 heavy (non-hydrogen) atoms. The Labute approximate surface area is 120 Å². The van der Waals surface area contributed by atoms with E-state index in [-0.39, 0.29) is 18.0 Å². The number of anilines is 1. The Balaban J connectivity index is 2.10. The molecule has 114 valence electrons. The molecule has 0 unspecified atom stereocenters. The quantitative estimate of drug-likeness (QED) is 0.693. The van der Waals surface area contributed by atoms with E-state index in [9.17, 15) is 14.4 Å². The molecule has 1 saturated carbocycles. The van der Waals surface area contributed by atoms with Gasteiger partial charge in [0.15, 0.2) is 0 Å². The van der Waals surface area contributed by atoms with Gasteiger partial charge in [-0.05, 0) is 12.3 Å². The second-order valence-electron chi connectivity index (χ2n) is 5.48. The molecule has 1 heterocycles. The van der Waals surface area contributed by atoms with Gasteiger partial charge in [-0.1, -0.05) is 13.8 Å². The first-order chi connectivity index (χ1) is 9.80. The smallest absolute Gasteiger partial charge is 0.343 e. The number of H-pyrrole nitrogens is 1. The van der Waals surface area contributed by atoms with Crippen LogP contribution < -0.4 is 5.32 Å². The average molecular weight is 295 g/mol. The topological polar surface area (TPSA) is 121 Å². The number of hydrogen-bond donors (Lipinski definition) is 3. The Bertz CT molecular complexity index is 592. The highest BCUT2D eigenvalue weighted by atomic mass is 16.5. The normalized spacial score (nSPS) is 22.4. The SMILES string of the molecule is CCOC(=O)c1cn[nH]c1NC(=O)[C@H]1[C@H](C(=O)O)C1(C)C. The van der Waals surface area contributed by atoms with Gasteiger partial charge in [0.25, 0.3) is 0 Å². The number of ether oxygens (including phenoxy) is 1. The van der Waals surface area contributed by atoms with Crippen LogP contribution >= 0.6 is 0 Å². The maximum Gasteiger partial charge on any atom is 0.343 e. The van der Waals surface area contributed by atoms with Crippen molar-refractivity contribution in [2.75, 3.05) is 11.9 Å². The predicted octanol–water partition coefficient (Wildman–Crippen LogP) is 0.882. The summed E-state index contributed by atoms with van der Waals surface area (Å²) >= 11 is 0. The van der Waals surface area contributed by atoms with Crippen LogP contribution in [0.2, 0.25) is 0 Å². The van der Waals surface area contributed by atoms with Crippen LogP contribution in [0.15, 0.2) is 6.20 Å². The van der Waals surface area contributed by atoms with Gasteiger partial charge >= 0.3 is 11.9 Å². The average Bonchev–Trinajstić information content (AvgIpc) is 2.75. The maximum atomic E-state index is 12.2. The van der Waals surface area contributed by atoms with Crippen LogP contribution in [0.4, 0.5) is 5.82 Å². The molecule has 1 aliphatic carbocycles. The lowest BCUT2D eigenvalue weighted by atomic mass is 10.1. The number of rotatable bonds is 5. The van der Waals surface area contributed by atoms with Crippen molar-refractivity contribution in [1.29, 1.82) is 0 Å². The van der Waals surface area contributed by atoms with Gasteiger partial charge in [0.1, 0.15) is 11.4 Å². The van der Waals surface area contributed by atoms with Crippen molar-refractivity contribution in [3.05, 3.63) is 11.8 Å². The molecule has 1 aromatic rings. The van der Waals surface area contributed by atoms with Crippen LogP contribution in [0.5, 0.6) is 0 Å². The molecule has 1 amide bonds. The number of aromatic nitrogens is 2. The van der Waals surface area contributed by atoms with E-state index in [0.717, 1.165) is 0 Å². The highest BCUT2D eigenvalue weighted by molar-refractivity contribution is 6.03. The Morgan fingerprint density at radius 2 is 2.10 bits per heavy atom. The first-order valence-electron chi connectivity index (χ1n) is 6.54. The third-order valence-electron chi connectivity index (χ3n) is 3.76. The molecule has 8 heteroatoms. The standard InChI is InChI=1S/C13H17N3O5/c1-4-21-12(20)6-5-14-16-9(6)15-10(17)7-8(11(18)19)13(7,2)3/h5,7-8H,4H2,1-3H3,(H,18,19)(H2,14,15,16,17)/t7-,8-/m1/s1. The van der Waals surface area contributed by atoms with Crippen LogP contribution in [-0.4, -0.2) is 39.8 Å². The molecule has 3 N–H and O–H groups in total. The summed E-state index contributed by atoms with van der Waals surface area (Å²) in [6, 6.07) is 0. The van der Waals surface area contributed by atoms with Crippen LogP contribution in [0.1, 0.15) is 31.1 Å². The fourth-order valence-corrected chi connectivity index (χ4v) is 2.53. The fourth-order valence-electron chi connectivity index (χ4n) is 2.53. The Hall–Kier alpha value is -2.38. The molecule has 0 spiro atoms. The number of carboxylic acids is 1. The molecule has 0 radical (unpaired) electrons. The van der Waals surface area contributed by atoms with Crippen molar-refractivity contribution in [2.24, 2.45) is 17.3 Å². The van der Waals surface area contributed by atoms with E-state index in [4.69, 9.17) is 9.84 Å². The van der Waals surface area contributed by atoms with Crippen molar-refractivity contribution < 1.29 is 24.2 Å². The zero-order chi connectivity index (χ0) is 15.8. The molecule has 1 aliphatic rings. The number of hydrogen-bond acceptors (Lipinski definition) is 5. The maximum absolute atomic E-state index is 12.2. The number of esters is 1. The van der Waals surface area contributed by atoms with E-state index in [0.29, 0.717) is 0 Å². The van der Waals surface area contributed by atoms with Gasteiger partial charge in [0.05, 0.1) is 24.6 Å². The lowest BCUT2D eigenvalue weighted by Crippen LogP contribution is -2.20. The molecule has 0 aromatic carbocycles. The van der Waals surface area contributed by atoms with E-state index in [1.54, 1.807) is 20.8 Å². The number of nitrogens with zero attached hydrogens (tertiary/aromatic N) is 1. The van der Waals surface area contributed by atoms with Crippen molar-refractivity contribution in [3.8, 4) is 0 Å². The van der Waals surface area contributed by atoms with Crippen LogP contribution in [0.25, 0.3) is 0 Å². The van der Waals surface area contributed by atoms with E-state index in [2.05, 4.69) is 15.5 Å². The lowest BCUT2D eigenvalue weighted by molar-refractivity contribution is -0.140. The van der Waals surface area contributed by atoms with Gasteiger partial charge in [0.2, 0.25) is 5.91 Å². The highest BCUT2D eigenvalue weighted by Crippen LogP contribution is 2.58. The molecular formula is C13H17N3O5. The summed E-state index contributed by atoms with van der Waals surface area (Å²) in [6.07, 6.45) is 1.25. The van der Waals surface area contributed by atoms with Gasteiger partial charge in [-0.25, -0.2) is 4.79 Å². The fraction of sp³-hybridized carbons (Fsp3) is 0.538. The first-order valence-corrected chi connectivity index (χ1v) is 6.54. The summed E-state index contributed by atoms with van der Waals surface area (Å²) in [6.45, 7) is 5.30. The lowest BCUT2D eigenvalue weighted by Gasteiger charge is -2.06. The minimum absolute atomic E-state index is 0.107. The van der Waals surface area contributed by atoms with Crippen LogP contribution in [0.3, 0.4) is 0 Å². The van der Waals surface area contributed by atoms with Crippen molar-refractivity contribution in [1.82, 2.24) is 10.2 Å². The molecule has 0 saturated heterocycles. The zero-order valence-corrected chi connectivity index (χ0v) is 12.0. The number of amides is 1. The summed E-state index contributed by atoms with van der Waals surface area (Å²) < 4.78 is 4.84. The molecule has 2 rings (SSSR count).